The third-order valence-electron chi connectivity index (χ3n) is 0.667. The molecule has 0 atom stereocenters. The van der Waals surface area contributed by atoms with Crippen LogP contribution in [0.1, 0.15) is 0 Å². The monoisotopic (exact) mass is 172 g/mol. The highest BCUT2D eigenvalue weighted by molar-refractivity contribution is 7.79. The second kappa shape index (κ2) is 16.3. The van der Waals surface area contributed by atoms with E-state index in [2.05, 4.69) is 17.4 Å². The van der Waals surface area contributed by atoms with E-state index < -0.39 is 0 Å². The number of thiol groups is 1. The average molecular weight is 172 g/mol. The zero-order valence-electron chi connectivity index (χ0n) is 7.32. The first-order valence-electron chi connectivity index (χ1n) is 3.26. The third kappa shape index (κ3) is 17.7. The molecule has 0 spiro atoms. The molecule has 0 bridgehead atoms. The lowest BCUT2D eigenvalue weighted by atomic mass is 10.4. The van der Waals surface area contributed by atoms with Crippen molar-refractivity contribution in [3.05, 3.63) is 36.4 Å². The van der Waals surface area contributed by atoms with E-state index in [1.54, 1.807) is 20.5 Å². The molecular weight excluding hydrogens is 156 g/mol. The fraction of sp³-hybridized carbons (Fsp3) is 0.333. The molecule has 0 aliphatic carbocycles. The second-order valence-electron chi connectivity index (χ2n) is 1.56. The molecule has 1 aromatic rings. The van der Waals surface area contributed by atoms with E-state index in [0.717, 1.165) is 0 Å². The van der Waals surface area contributed by atoms with Crippen LogP contribution in [-0.2, 0) is 4.74 Å². The summed E-state index contributed by atoms with van der Waals surface area (Å²) in [6.45, 7) is 0. The van der Waals surface area contributed by atoms with Crippen molar-refractivity contribution < 1.29 is 4.74 Å². The Hall–Kier alpha value is -0.470. The maximum Gasteiger partial charge on any atom is 0.0351 e. The maximum atomic E-state index is 4.25. The van der Waals surface area contributed by atoms with Gasteiger partial charge in [0.05, 0.1) is 0 Å². The maximum absolute atomic E-state index is 4.25. The van der Waals surface area contributed by atoms with Gasteiger partial charge in [-0.25, -0.2) is 0 Å². The molecule has 64 valence electrons. The van der Waals surface area contributed by atoms with Gasteiger partial charge < -0.3 is 4.74 Å². The van der Waals surface area contributed by atoms with Crippen molar-refractivity contribution >= 4 is 12.6 Å². The van der Waals surface area contributed by atoms with E-state index in [1.807, 2.05) is 36.4 Å². The summed E-state index contributed by atoms with van der Waals surface area (Å²) in [4.78, 5) is 0. The zero-order valence-corrected chi connectivity index (χ0v) is 8.21. The first kappa shape index (κ1) is 13.1. The molecule has 0 heterocycles. The predicted octanol–water partition coefficient (Wildman–Crippen LogP) is 2.50. The van der Waals surface area contributed by atoms with Crippen molar-refractivity contribution in [1.29, 1.82) is 0 Å². The van der Waals surface area contributed by atoms with Crippen molar-refractivity contribution in [2.45, 2.75) is 0 Å². The Morgan fingerprint density at radius 3 is 0.909 bits per heavy atom. The predicted molar refractivity (Wildman–Crippen MR) is 54.3 cm³/mol. The summed E-state index contributed by atoms with van der Waals surface area (Å²) in [6, 6.07) is 12.0. The van der Waals surface area contributed by atoms with E-state index in [-0.39, 0.29) is 0 Å². The van der Waals surface area contributed by atoms with E-state index in [1.165, 1.54) is 0 Å². The van der Waals surface area contributed by atoms with Crippen LogP contribution in [0.2, 0.25) is 0 Å². The van der Waals surface area contributed by atoms with Crippen LogP contribution in [0.15, 0.2) is 36.4 Å². The van der Waals surface area contributed by atoms with Crippen molar-refractivity contribution in [2.24, 2.45) is 0 Å². The normalized spacial score (nSPS) is 6.55. The number of rotatable bonds is 0. The molecule has 0 aliphatic rings. The first-order chi connectivity index (χ1) is 5.41. The quantitative estimate of drug-likeness (QED) is 0.592. The Balaban J connectivity index is 0. The van der Waals surface area contributed by atoms with Crippen LogP contribution in [0, 0.1) is 0 Å². The Morgan fingerprint density at radius 2 is 0.818 bits per heavy atom. The van der Waals surface area contributed by atoms with Gasteiger partial charge in [0.15, 0.2) is 0 Å². The highest BCUT2D eigenvalue weighted by Crippen LogP contribution is 1.79. The van der Waals surface area contributed by atoms with Crippen LogP contribution < -0.4 is 0 Å². The Bertz CT molecular complexity index is 92.4. The van der Waals surface area contributed by atoms with Crippen molar-refractivity contribution in [3.63, 3.8) is 0 Å². The molecular formula is C9H16OS. The van der Waals surface area contributed by atoms with Gasteiger partial charge in [-0.1, -0.05) is 36.4 Å². The van der Waals surface area contributed by atoms with Crippen LogP contribution in [0.4, 0.5) is 0 Å². The van der Waals surface area contributed by atoms with Crippen molar-refractivity contribution in [2.75, 3.05) is 20.5 Å². The fourth-order valence-electron chi connectivity index (χ4n) is 0.385. The van der Waals surface area contributed by atoms with Gasteiger partial charge in [0.25, 0.3) is 0 Å². The molecule has 0 amide bonds. The summed E-state index contributed by atoms with van der Waals surface area (Å²) in [5, 5.41) is 0. The third-order valence-corrected chi connectivity index (χ3v) is 0.667. The SMILES string of the molecule is COC.CS.c1ccccc1. The van der Waals surface area contributed by atoms with Gasteiger partial charge in [0.2, 0.25) is 0 Å². The number of ether oxygens (including phenoxy) is 1. The summed E-state index contributed by atoms with van der Waals surface area (Å²) in [7, 11) is 3.25. The smallest absolute Gasteiger partial charge is 0.0351 e. The number of hydrogen-bond donors (Lipinski definition) is 1. The first-order valence-corrected chi connectivity index (χ1v) is 4.16. The second-order valence-corrected chi connectivity index (χ2v) is 1.56. The fourth-order valence-corrected chi connectivity index (χ4v) is 0.385. The van der Waals surface area contributed by atoms with E-state index in [0.29, 0.717) is 0 Å². The molecule has 11 heavy (non-hydrogen) atoms. The average Bonchev–Trinajstić information content (AvgIpc) is 2.12. The minimum absolute atomic E-state index is 1.62. The Kier molecular flexibility index (Phi) is 19.4. The summed E-state index contributed by atoms with van der Waals surface area (Å²) in [6.07, 6.45) is 1.69. The minimum Gasteiger partial charge on any atom is -0.388 e. The van der Waals surface area contributed by atoms with Gasteiger partial charge in [-0.15, -0.1) is 0 Å². The summed E-state index contributed by atoms with van der Waals surface area (Å²) < 4.78 is 4.25. The molecule has 0 N–H and O–H groups in total. The molecule has 0 fully saturated rings. The number of benzene rings is 1. The molecule has 0 aromatic heterocycles. The van der Waals surface area contributed by atoms with E-state index in [4.69, 9.17) is 0 Å². The van der Waals surface area contributed by atoms with Gasteiger partial charge >= 0.3 is 0 Å². The molecule has 2 heteroatoms. The molecule has 0 radical (unpaired) electrons. The van der Waals surface area contributed by atoms with Crippen LogP contribution in [0.5, 0.6) is 0 Å². The minimum atomic E-state index is 1.62. The molecule has 0 saturated carbocycles. The van der Waals surface area contributed by atoms with Crippen LogP contribution in [-0.4, -0.2) is 20.5 Å². The van der Waals surface area contributed by atoms with E-state index in [9.17, 15) is 0 Å². The van der Waals surface area contributed by atoms with Crippen LogP contribution >= 0.6 is 12.6 Å². The summed E-state index contributed by atoms with van der Waals surface area (Å²) in [5.41, 5.74) is 0. The number of hydrogen-bond acceptors (Lipinski definition) is 2. The Morgan fingerprint density at radius 1 is 0.727 bits per heavy atom. The zero-order chi connectivity index (χ0) is 8.95. The van der Waals surface area contributed by atoms with Gasteiger partial charge in [-0.3, -0.25) is 0 Å². The van der Waals surface area contributed by atoms with Crippen LogP contribution in [0.3, 0.4) is 0 Å². The lowest BCUT2D eigenvalue weighted by Crippen LogP contribution is -1.55. The van der Waals surface area contributed by atoms with Gasteiger partial charge in [-0.2, -0.15) is 12.6 Å². The topological polar surface area (TPSA) is 9.23 Å². The Labute approximate surface area is 74.8 Å². The van der Waals surface area contributed by atoms with Gasteiger partial charge in [-0.05, 0) is 6.26 Å². The molecule has 1 rings (SSSR count). The highest BCUT2D eigenvalue weighted by Gasteiger charge is 1.57. The standard InChI is InChI=1S/C6H6.C2H6O.CH4S/c1-2-4-6-5-3-1;1-3-2;1-2/h1-6H;1-2H3;2H,1H3. The van der Waals surface area contributed by atoms with Gasteiger partial charge in [0, 0.05) is 14.2 Å². The van der Waals surface area contributed by atoms with Crippen LogP contribution in [0.25, 0.3) is 0 Å². The highest BCUT2D eigenvalue weighted by atomic mass is 32.1. The lowest BCUT2D eigenvalue weighted by molar-refractivity contribution is 0.277. The lowest BCUT2D eigenvalue weighted by Gasteiger charge is -1.69. The summed E-state index contributed by atoms with van der Waals surface area (Å²) in [5.74, 6) is 0. The van der Waals surface area contributed by atoms with E-state index >= 15 is 0 Å². The largest absolute Gasteiger partial charge is 0.388 e. The summed E-state index contributed by atoms with van der Waals surface area (Å²) >= 11 is 3.53. The molecule has 0 aliphatic heterocycles. The molecule has 1 aromatic carbocycles. The molecule has 0 unspecified atom stereocenters. The molecule has 1 nitrogen and oxygen atoms in total. The van der Waals surface area contributed by atoms with Crippen molar-refractivity contribution in [3.8, 4) is 0 Å². The molecule has 0 saturated heterocycles. The van der Waals surface area contributed by atoms with Gasteiger partial charge in [0.1, 0.15) is 0 Å². The van der Waals surface area contributed by atoms with Crippen molar-refractivity contribution in [1.82, 2.24) is 0 Å². The number of methoxy groups -OCH3 is 1.